The van der Waals surface area contributed by atoms with Crippen LogP contribution in [-0.4, -0.2) is 25.5 Å². The number of rotatable bonds is 8. The molecular weight excluding hydrogens is 260 g/mol. The molecule has 0 aromatic heterocycles. The van der Waals surface area contributed by atoms with Crippen LogP contribution in [-0.2, 0) is 4.79 Å². The number of anilines is 1. The minimum absolute atomic E-state index is 0.189. The van der Waals surface area contributed by atoms with Gasteiger partial charge in [-0.15, -0.1) is 0 Å². The summed E-state index contributed by atoms with van der Waals surface area (Å²) in [5.41, 5.74) is 1.25. The fourth-order valence-electron chi connectivity index (χ4n) is 2.78. The average Bonchev–Trinajstić information content (AvgIpc) is 3.01. The van der Waals surface area contributed by atoms with Crippen molar-refractivity contribution in [1.29, 1.82) is 0 Å². The lowest BCUT2D eigenvalue weighted by atomic mass is 10.1. The largest absolute Gasteiger partial charge is 0.372 e. The monoisotopic (exact) mass is 286 g/mol. The Morgan fingerprint density at radius 2 is 2.14 bits per heavy atom. The third-order valence-corrected chi connectivity index (χ3v) is 3.99. The van der Waals surface area contributed by atoms with Gasteiger partial charge in [-0.05, 0) is 44.2 Å². The summed E-state index contributed by atoms with van der Waals surface area (Å²) in [5.74, 6) is 0.649. The SMILES string of the molecule is CCN(CCCNC(=O)C[C@H]1C=CCC1)c1ccccc1. The van der Waals surface area contributed by atoms with Crippen molar-refractivity contribution >= 4 is 11.6 Å². The number of amides is 1. The zero-order valence-corrected chi connectivity index (χ0v) is 12.9. The van der Waals surface area contributed by atoms with Crippen LogP contribution in [0.15, 0.2) is 42.5 Å². The van der Waals surface area contributed by atoms with Crippen molar-refractivity contribution in [2.24, 2.45) is 5.92 Å². The van der Waals surface area contributed by atoms with Gasteiger partial charge in [0.1, 0.15) is 0 Å². The Labute approximate surface area is 128 Å². The molecule has 1 amide bonds. The number of carbonyl (C=O) groups is 1. The van der Waals surface area contributed by atoms with Gasteiger partial charge in [0.05, 0.1) is 0 Å². The first-order valence-electron chi connectivity index (χ1n) is 8.03. The van der Waals surface area contributed by atoms with Crippen LogP contribution in [0.3, 0.4) is 0 Å². The molecule has 0 saturated heterocycles. The molecule has 0 spiro atoms. The number of hydrogen-bond donors (Lipinski definition) is 1. The molecule has 0 fully saturated rings. The zero-order valence-electron chi connectivity index (χ0n) is 12.9. The Kier molecular flexibility index (Phi) is 6.32. The van der Waals surface area contributed by atoms with E-state index >= 15 is 0 Å². The predicted molar refractivity (Wildman–Crippen MR) is 88.4 cm³/mol. The lowest BCUT2D eigenvalue weighted by Crippen LogP contribution is -2.30. The average molecular weight is 286 g/mol. The second-order valence-electron chi connectivity index (χ2n) is 5.59. The maximum atomic E-state index is 11.8. The van der Waals surface area contributed by atoms with Crippen molar-refractivity contribution in [3.63, 3.8) is 0 Å². The quantitative estimate of drug-likeness (QED) is 0.587. The maximum absolute atomic E-state index is 11.8. The first-order valence-corrected chi connectivity index (χ1v) is 8.03. The number of nitrogens with one attached hydrogen (secondary N) is 1. The summed E-state index contributed by atoms with van der Waals surface area (Å²) >= 11 is 0. The summed E-state index contributed by atoms with van der Waals surface area (Å²) in [5, 5.41) is 3.04. The Morgan fingerprint density at radius 3 is 2.81 bits per heavy atom. The number of para-hydroxylation sites is 1. The van der Waals surface area contributed by atoms with E-state index in [1.165, 1.54) is 5.69 Å². The Hall–Kier alpha value is -1.77. The minimum atomic E-state index is 0.189. The van der Waals surface area contributed by atoms with E-state index in [9.17, 15) is 4.79 Å². The van der Waals surface area contributed by atoms with E-state index < -0.39 is 0 Å². The van der Waals surface area contributed by atoms with Crippen molar-refractivity contribution in [1.82, 2.24) is 5.32 Å². The summed E-state index contributed by atoms with van der Waals surface area (Å²) in [4.78, 5) is 14.2. The van der Waals surface area contributed by atoms with Gasteiger partial charge in [-0.3, -0.25) is 4.79 Å². The molecule has 1 N–H and O–H groups in total. The van der Waals surface area contributed by atoms with E-state index in [1.54, 1.807) is 0 Å². The van der Waals surface area contributed by atoms with E-state index in [4.69, 9.17) is 0 Å². The van der Waals surface area contributed by atoms with Crippen LogP contribution in [0.1, 0.15) is 32.6 Å². The lowest BCUT2D eigenvalue weighted by Gasteiger charge is -2.23. The van der Waals surface area contributed by atoms with E-state index in [1.807, 2.05) is 6.07 Å². The van der Waals surface area contributed by atoms with E-state index in [0.717, 1.165) is 38.9 Å². The number of carbonyl (C=O) groups excluding carboxylic acids is 1. The smallest absolute Gasteiger partial charge is 0.220 e. The molecule has 1 aromatic rings. The van der Waals surface area contributed by atoms with Gasteiger partial charge >= 0.3 is 0 Å². The molecule has 0 bridgehead atoms. The molecule has 3 heteroatoms. The summed E-state index contributed by atoms with van der Waals surface area (Å²) in [7, 11) is 0. The molecule has 0 radical (unpaired) electrons. The normalized spacial score (nSPS) is 16.9. The maximum Gasteiger partial charge on any atom is 0.220 e. The fraction of sp³-hybridized carbons (Fsp3) is 0.500. The molecule has 0 saturated carbocycles. The molecule has 1 aliphatic carbocycles. The number of benzene rings is 1. The van der Waals surface area contributed by atoms with E-state index in [0.29, 0.717) is 12.3 Å². The van der Waals surface area contributed by atoms with Gasteiger partial charge in [-0.25, -0.2) is 0 Å². The molecule has 21 heavy (non-hydrogen) atoms. The van der Waals surface area contributed by atoms with Gasteiger partial charge in [0.2, 0.25) is 5.91 Å². The Bertz CT molecular complexity index is 456. The van der Waals surface area contributed by atoms with Gasteiger partial charge < -0.3 is 10.2 Å². The molecule has 1 aliphatic rings. The second kappa shape index (κ2) is 8.50. The summed E-state index contributed by atoms with van der Waals surface area (Å²) in [6.07, 6.45) is 8.23. The molecule has 0 heterocycles. The molecule has 114 valence electrons. The number of hydrogen-bond acceptors (Lipinski definition) is 2. The van der Waals surface area contributed by atoms with E-state index in [-0.39, 0.29) is 5.91 Å². The predicted octanol–water partition coefficient (Wildman–Crippen LogP) is 3.38. The van der Waals surface area contributed by atoms with Crippen LogP contribution >= 0.6 is 0 Å². The highest BCUT2D eigenvalue weighted by atomic mass is 16.1. The first-order chi connectivity index (χ1) is 10.3. The van der Waals surface area contributed by atoms with E-state index in [2.05, 4.69) is 53.6 Å². The Morgan fingerprint density at radius 1 is 1.33 bits per heavy atom. The molecule has 3 nitrogen and oxygen atoms in total. The molecule has 2 rings (SSSR count). The van der Waals surface area contributed by atoms with Crippen molar-refractivity contribution in [2.45, 2.75) is 32.6 Å². The molecule has 1 aromatic carbocycles. The number of allylic oxidation sites excluding steroid dienone is 2. The molecule has 1 atom stereocenters. The Balaban J connectivity index is 1.64. The molecule has 0 aliphatic heterocycles. The van der Waals surface area contributed by atoms with Gasteiger partial charge in [-0.2, -0.15) is 0 Å². The van der Waals surface area contributed by atoms with Gasteiger partial charge in [0, 0.05) is 31.7 Å². The lowest BCUT2D eigenvalue weighted by molar-refractivity contribution is -0.121. The topological polar surface area (TPSA) is 32.3 Å². The highest BCUT2D eigenvalue weighted by molar-refractivity contribution is 5.76. The van der Waals surface area contributed by atoms with Crippen LogP contribution in [0.4, 0.5) is 5.69 Å². The third kappa shape index (κ3) is 5.25. The summed E-state index contributed by atoms with van der Waals surface area (Å²) in [6.45, 7) is 4.89. The fourth-order valence-corrected chi connectivity index (χ4v) is 2.78. The van der Waals surface area contributed by atoms with Gasteiger partial charge in [-0.1, -0.05) is 30.4 Å². The van der Waals surface area contributed by atoms with Gasteiger partial charge in [0.15, 0.2) is 0 Å². The summed E-state index contributed by atoms with van der Waals surface area (Å²) < 4.78 is 0. The number of nitrogens with zero attached hydrogens (tertiary/aromatic N) is 1. The summed E-state index contributed by atoms with van der Waals surface area (Å²) in [6, 6.07) is 10.4. The second-order valence-corrected chi connectivity index (χ2v) is 5.59. The highest BCUT2D eigenvalue weighted by Crippen LogP contribution is 2.19. The minimum Gasteiger partial charge on any atom is -0.372 e. The van der Waals surface area contributed by atoms with Crippen LogP contribution < -0.4 is 10.2 Å². The van der Waals surface area contributed by atoms with Crippen molar-refractivity contribution < 1.29 is 4.79 Å². The van der Waals surface area contributed by atoms with Crippen molar-refractivity contribution in [3.8, 4) is 0 Å². The van der Waals surface area contributed by atoms with Crippen LogP contribution in [0.25, 0.3) is 0 Å². The van der Waals surface area contributed by atoms with Crippen LogP contribution in [0.2, 0.25) is 0 Å². The molecular formula is C18H26N2O. The van der Waals surface area contributed by atoms with Crippen molar-refractivity contribution in [3.05, 3.63) is 42.5 Å². The van der Waals surface area contributed by atoms with Gasteiger partial charge in [0.25, 0.3) is 0 Å². The standard InChI is InChI=1S/C18H26N2O/c1-2-20(17-11-4-3-5-12-17)14-8-13-19-18(21)15-16-9-6-7-10-16/h3-6,9,11-12,16H,2,7-8,10,13-15H2,1H3,(H,19,21)/t16-/m0/s1. The molecule has 0 unspecified atom stereocenters. The van der Waals surface area contributed by atoms with Crippen LogP contribution in [0.5, 0.6) is 0 Å². The third-order valence-electron chi connectivity index (χ3n) is 3.99. The van der Waals surface area contributed by atoms with Crippen molar-refractivity contribution in [2.75, 3.05) is 24.5 Å². The first kappa shape index (κ1) is 15.6. The van der Waals surface area contributed by atoms with Crippen LogP contribution in [0, 0.1) is 5.92 Å². The highest BCUT2D eigenvalue weighted by Gasteiger charge is 2.13. The zero-order chi connectivity index (χ0) is 14.9.